The fourth-order valence-corrected chi connectivity index (χ4v) is 7.33. The van der Waals surface area contributed by atoms with Crippen molar-refractivity contribution in [3.05, 3.63) is 77.8 Å². The van der Waals surface area contributed by atoms with Gasteiger partial charge in [0.05, 0.1) is 16.8 Å². The lowest BCUT2D eigenvalue weighted by molar-refractivity contribution is -0.649. The van der Waals surface area contributed by atoms with E-state index < -0.39 is 32.0 Å². The van der Waals surface area contributed by atoms with Crippen LogP contribution < -0.4 is 14.4 Å². The third-order valence-electron chi connectivity index (χ3n) is 5.41. The lowest BCUT2D eigenvalue weighted by atomic mass is 10.2. The van der Waals surface area contributed by atoms with E-state index in [2.05, 4.69) is 26.3 Å². The highest BCUT2D eigenvalue weighted by Crippen LogP contribution is 2.48. The Kier molecular flexibility index (Phi) is 11.2. The first kappa shape index (κ1) is 32.8. The van der Waals surface area contributed by atoms with E-state index in [1.54, 1.807) is 24.3 Å². The Morgan fingerprint density at radius 3 is 2.26 bits per heavy atom. The van der Waals surface area contributed by atoms with Gasteiger partial charge in [0.1, 0.15) is 20.7 Å². The van der Waals surface area contributed by atoms with E-state index in [-0.39, 0.29) is 6.04 Å². The van der Waals surface area contributed by atoms with Crippen LogP contribution in [0.5, 0.6) is 0 Å². The van der Waals surface area contributed by atoms with Crippen LogP contribution in [0.1, 0.15) is 18.9 Å². The van der Waals surface area contributed by atoms with Crippen LogP contribution in [0.15, 0.2) is 72.6 Å². The normalized spacial score (nSPS) is 14.0. The number of hydrogen-bond acceptors (Lipinski definition) is 10. The molecule has 1 aliphatic rings. The number of halogens is 1. The molecule has 0 unspecified atom stereocenters. The maximum absolute atomic E-state index is 11.8. The molecule has 0 atom stereocenters. The Morgan fingerprint density at radius 1 is 1.05 bits per heavy atom. The van der Waals surface area contributed by atoms with Gasteiger partial charge in [-0.05, 0) is 44.2 Å². The van der Waals surface area contributed by atoms with Crippen molar-refractivity contribution in [3.8, 4) is 0 Å². The molecule has 0 saturated carbocycles. The van der Waals surface area contributed by atoms with Crippen molar-refractivity contribution in [1.82, 2.24) is 0 Å². The highest BCUT2D eigenvalue weighted by molar-refractivity contribution is 8.04. The zero-order valence-corrected chi connectivity index (χ0v) is 25.7. The number of thioether (sulfide) groups is 1. The molecule has 9 nitrogen and oxygen atoms in total. The molecule has 0 bridgehead atoms. The Labute approximate surface area is 243 Å². The van der Waals surface area contributed by atoms with E-state index in [4.69, 9.17) is 11.6 Å². The number of nitrogens with zero attached hydrogens (tertiary/aromatic N) is 3. The zero-order valence-electron chi connectivity index (χ0n) is 21.7. The molecule has 1 aliphatic heterocycles. The van der Waals surface area contributed by atoms with E-state index in [0.717, 1.165) is 10.4 Å². The highest BCUT2D eigenvalue weighted by atomic mass is 35.5. The lowest BCUT2D eigenvalue weighted by Gasteiger charge is -2.23. The van der Waals surface area contributed by atoms with Crippen LogP contribution in [0, 0.1) is 0 Å². The van der Waals surface area contributed by atoms with E-state index in [0.29, 0.717) is 31.2 Å². The van der Waals surface area contributed by atoms with Crippen molar-refractivity contribution in [2.24, 2.45) is 0 Å². The molecule has 0 amide bonds. The average molecular weight is 631 g/mol. The Hall–Kier alpha value is -2.39. The maximum atomic E-state index is 11.8. The summed E-state index contributed by atoms with van der Waals surface area (Å²) >= 11 is 8.56. The van der Waals surface area contributed by atoms with Crippen LogP contribution in [-0.2, 0) is 26.1 Å². The van der Waals surface area contributed by atoms with Crippen LogP contribution in [0.2, 0.25) is 5.02 Å². The molecule has 0 aliphatic carbocycles. The predicted molar refractivity (Wildman–Crippen MR) is 160 cm³/mol. The third kappa shape index (κ3) is 8.30. The fourth-order valence-electron chi connectivity index (χ4n) is 3.58. The minimum atomic E-state index is -4.65. The van der Waals surface area contributed by atoms with Gasteiger partial charge >= 0.3 is 0 Å². The van der Waals surface area contributed by atoms with Gasteiger partial charge in [0.15, 0.2) is 10.1 Å². The first-order chi connectivity index (χ1) is 18.2. The second kappa shape index (κ2) is 13.3. The summed E-state index contributed by atoms with van der Waals surface area (Å²) in [5, 5.41) is 1.18. The number of aromatic nitrogens is 1. The quantitative estimate of drug-likeness (QED) is 0.197. The summed E-state index contributed by atoms with van der Waals surface area (Å²) < 4.78 is 72.4. The van der Waals surface area contributed by atoms with E-state index >= 15 is 0 Å². The second-order valence-electron chi connectivity index (χ2n) is 8.22. The zero-order chi connectivity index (χ0) is 29.7. The molecule has 2 heterocycles. The molecule has 0 spiro atoms. The second-order valence-corrected chi connectivity index (χ2v) is 13.5. The minimum Gasteiger partial charge on any atom is -0.747 e. The van der Waals surface area contributed by atoms with Crippen molar-refractivity contribution in [2.75, 3.05) is 22.7 Å². The molecule has 212 valence electrons. The van der Waals surface area contributed by atoms with Gasteiger partial charge in [-0.15, -0.1) is 26.3 Å². The van der Waals surface area contributed by atoms with Crippen LogP contribution in [-0.4, -0.2) is 44.9 Å². The van der Waals surface area contributed by atoms with Gasteiger partial charge in [0.2, 0.25) is 11.4 Å². The molecular formula is C25H29ClN3O6S4-. The number of thiazole rings is 1. The smallest absolute Gasteiger partial charge is 0.266 e. The molecule has 4 rings (SSSR count). The molecule has 1 aromatic heterocycles. The topological polar surface area (TPSA) is 125 Å². The average Bonchev–Trinajstić information content (AvgIpc) is 3.36. The minimum absolute atomic E-state index is 0.187. The molecule has 14 heteroatoms. The van der Waals surface area contributed by atoms with Crippen LogP contribution in [0.4, 0.5) is 11.4 Å². The van der Waals surface area contributed by atoms with Crippen LogP contribution in [0.3, 0.4) is 0 Å². The van der Waals surface area contributed by atoms with Crippen molar-refractivity contribution in [2.45, 2.75) is 30.7 Å². The first-order valence-electron chi connectivity index (χ1n) is 11.2. The Bertz CT molecular complexity index is 1580. The van der Waals surface area contributed by atoms with Gasteiger partial charge in [-0.2, -0.15) is 4.57 Å². The van der Waals surface area contributed by atoms with Crippen LogP contribution in [0.25, 0.3) is 16.3 Å². The van der Waals surface area contributed by atoms with Gasteiger partial charge in [-0.25, -0.2) is 16.8 Å². The van der Waals surface area contributed by atoms with Crippen molar-refractivity contribution in [1.29, 1.82) is 0 Å². The number of anilines is 2. The van der Waals surface area contributed by atoms with Crippen LogP contribution >= 0.6 is 34.7 Å². The third-order valence-corrected chi connectivity index (χ3v) is 9.02. The summed E-state index contributed by atoms with van der Waals surface area (Å²) in [6, 6.07) is 10.7. The molecule has 39 heavy (non-hydrogen) atoms. The number of benzene rings is 2. The van der Waals surface area contributed by atoms with E-state index in [1.807, 2.05) is 44.0 Å². The molecule has 0 radical (unpaired) electrons. The largest absolute Gasteiger partial charge is 0.747 e. The highest BCUT2D eigenvalue weighted by Gasteiger charge is 2.30. The lowest BCUT2D eigenvalue weighted by Crippen LogP contribution is -2.39. The SMILES string of the molecule is C=C.C=C.CC(C)N(C)c1ccc2sc(C=C3Sc4ccc(Cl)cc4N3CS(=O)(=O)[O-])[n+](CS(=O)(=O)[O-])c2c1. The monoisotopic (exact) mass is 630 g/mol. The number of rotatable bonds is 7. The van der Waals surface area contributed by atoms with E-state index in [1.165, 1.54) is 32.6 Å². The summed E-state index contributed by atoms with van der Waals surface area (Å²) in [6.45, 7) is 16.0. The van der Waals surface area contributed by atoms with Gasteiger partial charge < -0.3 is 18.9 Å². The molecular weight excluding hydrogens is 602 g/mol. The predicted octanol–water partition coefficient (Wildman–Crippen LogP) is 5.21. The standard InChI is InChI=1S/C21H22ClN3O6S4.2C2H4/c1-13(2)23(3)15-5-7-19-17(9-15)25(12-35(29,30)31)21(33-19)10-20-24(11-34(26,27)28)16-8-14(22)4-6-18(16)32-20;2*1-2/h4-10,13H,11-12H2,1-3H3,(H-,26,27,28,29,30,31);2*1-2H2/p-1. The fraction of sp³-hybridized carbons (Fsp3) is 0.240. The summed E-state index contributed by atoms with van der Waals surface area (Å²) in [5.41, 5.74) is 1.86. The number of fused-ring (bicyclic) bond motifs is 2. The summed E-state index contributed by atoms with van der Waals surface area (Å²) in [5.74, 6) is -1.63. The van der Waals surface area contributed by atoms with E-state index in [9.17, 15) is 25.9 Å². The summed E-state index contributed by atoms with van der Waals surface area (Å²) in [7, 11) is -7.39. The van der Waals surface area contributed by atoms with Gasteiger partial charge in [-0.3, -0.25) is 0 Å². The molecule has 0 saturated heterocycles. The molecule has 3 aromatic rings. The Balaban J connectivity index is 0.00000127. The Morgan fingerprint density at radius 2 is 1.69 bits per heavy atom. The van der Waals surface area contributed by atoms with Gasteiger partial charge in [-0.1, -0.05) is 34.7 Å². The van der Waals surface area contributed by atoms with Crippen molar-refractivity contribution in [3.63, 3.8) is 0 Å². The summed E-state index contributed by atoms with van der Waals surface area (Å²) in [4.78, 5) is 4.03. The molecule has 2 aromatic carbocycles. The molecule has 0 N–H and O–H groups in total. The van der Waals surface area contributed by atoms with Gasteiger partial charge in [0, 0.05) is 34.8 Å². The summed E-state index contributed by atoms with van der Waals surface area (Å²) in [6.07, 6.45) is 1.59. The van der Waals surface area contributed by atoms with Gasteiger partial charge in [0.25, 0.3) is 5.01 Å². The number of hydrogen-bond donors (Lipinski definition) is 0. The maximum Gasteiger partial charge on any atom is 0.266 e. The van der Waals surface area contributed by atoms with Crippen molar-refractivity contribution < 1.29 is 30.5 Å². The van der Waals surface area contributed by atoms with Crippen molar-refractivity contribution >= 4 is 82.6 Å². The first-order valence-corrected chi connectivity index (χ1v) is 16.4. The molecule has 0 fully saturated rings.